The van der Waals surface area contributed by atoms with Gasteiger partial charge in [0.05, 0.1) is 13.0 Å². The molecule has 0 aromatic carbocycles. The van der Waals surface area contributed by atoms with E-state index >= 15 is 0 Å². The first-order valence-corrected chi connectivity index (χ1v) is 7.03. The topological polar surface area (TPSA) is 48.4 Å². The highest BCUT2D eigenvalue weighted by molar-refractivity contribution is 14.1. The SMILES string of the molecule is CCOC(=O)Cc1c(OC(F)(F)F)ncc(CCl)c1I. The highest BCUT2D eigenvalue weighted by Gasteiger charge is 2.34. The Morgan fingerprint density at radius 1 is 1.50 bits per heavy atom. The molecule has 20 heavy (non-hydrogen) atoms. The fourth-order valence-corrected chi connectivity index (χ4v) is 2.54. The summed E-state index contributed by atoms with van der Waals surface area (Å²) >= 11 is 7.46. The van der Waals surface area contributed by atoms with Crippen molar-refractivity contribution in [2.45, 2.75) is 25.6 Å². The number of hydrogen-bond donors (Lipinski definition) is 0. The van der Waals surface area contributed by atoms with Crippen LogP contribution < -0.4 is 4.74 Å². The van der Waals surface area contributed by atoms with E-state index in [4.69, 9.17) is 16.3 Å². The Bertz CT molecular complexity index is 497. The molecule has 0 aliphatic heterocycles. The summed E-state index contributed by atoms with van der Waals surface area (Å²) in [7, 11) is 0. The van der Waals surface area contributed by atoms with Crippen molar-refractivity contribution in [3.8, 4) is 5.88 Å². The van der Waals surface area contributed by atoms with Gasteiger partial charge in [-0.15, -0.1) is 24.8 Å². The Morgan fingerprint density at radius 2 is 2.15 bits per heavy atom. The van der Waals surface area contributed by atoms with Crippen molar-refractivity contribution >= 4 is 40.2 Å². The van der Waals surface area contributed by atoms with Crippen LogP contribution in [0.1, 0.15) is 18.1 Å². The van der Waals surface area contributed by atoms with E-state index in [0.29, 0.717) is 9.13 Å². The van der Waals surface area contributed by atoms with Gasteiger partial charge in [-0.3, -0.25) is 4.79 Å². The predicted molar refractivity (Wildman–Crippen MR) is 73.5 cm³/mol. The number of rotatable bonds is 5. The summed E-state index contributed by atoms with van der Waals surface area (Å²) in [6, 6.07) is 0. The second-order valence-electron chi connectivity index (χ2n) is 3.54. The van der Waals surface area contributed by atoms with Crippen LogP contribution in [0.25, 0.3) is 0 Å². The van der Waals surface area contributed by atoms with Gasteiger partial charge in [0.2, 0.25) is 5.88 Å². The lowest BCUT2D eigenvalue weighted by Gasteiger charge is -2.14. The number of carbonyl (C=O) groups excluding carboxylic acids is 1. The maximum Gasteiger partial charge on any atom is 0.574 e. The molecule has 0 atom stereocenters. The third kappa shape index (κ3) is 4.97. The van der Waals surface area contributed by atoms with Crippen LogP contribution in [0.2, 0.25) is 0 Å². The molecule has 0 bridgehead atoms. The van der Waals surface area contributed by atoms with Crippen molar-refractivity contribution in [2.24, 2.45) is 0 Å². The molecule has 0 unspecified atom stereocenters. The molecule has 9 heteroatoms. The summed E-state index contributed by atoms with van der Waals surface area (Å²) in [5, 5.41) is 0. The summed E-state index contributed by atoms with van der Waals surface area (Å²) in [5.74, 6) is -1.26. The predicted octanol–water partition coefficient (Wildman–Crippen LogP) is 3.43. The van der Waals surface area contributed by atoms with Crippen LogP contribution in [0.5, 0.6) is 5.88 Å². The van der Waals surface area contributed by atoms with E-state index in [2.05, 4.69) is 9.72 Å². The Labute approximate surface area is 131 Å². The molecule has 0 saturated carbocycles. The molecule has 0 amide bonds. The number of ether oxygens (including phenoxy) is 2. The van der Waals surface area contributed by atoms with Gasteiger partial charge in [0.1, 0.15) is 0 Å². The van der Waals surface area contributed by atoms with Crippen LogP contribution in [0.4, 0.5) is 13.2 Å². The lowest BCUT2D eigenvalue weighted by Crippen LogP contribution is -2.21. The van der Waals surface area contributed by atoms with Gasteiger partial charge in [-0.2, -0.15) is 0 Å². The van der Waals surface area contributed by atoms with Crippen molar-refractivity contribution in [1.82, 2.24) is 4.98 Å². The molecule has 0 radical (unpaired) electrons. The molecule has 1 heterocycles. The van der Waals surface area contributed by atoms with Crippen LogP contribution in [-0.4, -0.2) is 23.9 Å². The van der Waals surface area contributed by atoms with Gasteiger partial charge in [-0.05, 0) is 35.1 Å². The highest BCUT2D eigenvalue weighted by Crippen LogP contribution is 2.30. The summed E-state index contributed by atoms with van der Waals surface area (Å²) in [6.45, 7) is 1.73. The zero-order chi connectivity index (χ0) is 15.3. The lowest BCUT2D eigenvalue weighted by atomic mass is 10.1. The molecule has 1 aromatic heterocycles. The first kappa shape index (κ1) is 17.3. The normalized spacial score (nSPS) is 11.3. The number of halogens is 5. The molecule has 0 aliphatic rings. The Morgan fingerprint density at radius 3 is 2.65 bits per heavy atom. The number of carbonyl (C=O) groups is 1. The van der Waals surface area contributed by atoms with E-state index in [1.54, 1.807) is 29.5 Å². The molecule has 0 fully saturated rings. The molecule has 112 valence electrons. The van der Waals surface area contributed by atoms with Crippen LogP contribution >= 0.6 is 34.2 Å². The first-order valence-electron chi connectivity index (χ1n) is 5.42. The minimum atomic E-state index is -4.89. The van der Waals surface area contributed by atoms with Gasteiger partial charge in [-0.25, -0.2) is 4.98 Å². The Balaban J connectivity index is 3.16. The van der Waals surface area contributed by atoms with E-state index in [1.165, 1.54) is 6.20 Å². The maximum absolute atomic E-state index is 12.3. The average molecular weight is 424 g/mol. The summed E-state index contributed by atoms with van der Waals surface area (Å²) in [6.07, 6.45) is -4.07. The second kappa shape index (κ2) is 7.30. The molecule has 0 spiro atoms. The third-order valence-electron chi connectivity index (χ3n) is 2.13. The molecule has 0 aliphatic carbocycles. The smallest absolute Gasteiger partial charge is 0.466 e. The van der Waals surface area contributed by atoms with Crippen LogP contribution in [0.15, 0.2) is 6.20 Å². The van der Waals surface area contributed by atoms with Gasteiger partial charge in [0, 0.05) is 21.2 Å². The number of esters is 1. The third-order valence-corrected chi connectivity index (χ3v) is 3.76. The van der Waals surface area contributed by atoms with Crippen molar-refractivity contribution in [3.05, 3.63) is 20.9 Å². The molecular formula is C11H10ClF3INO3. The number of alkyl halides is 4. The van der Waals surface area contributed by atoms with E-state index in [9.17, 15) is 18.0 Å². The first-order chi connectivity index (χ1) is 9.28. The Hall–Kier alpha value is -0.770. The quantitative estimate of drug-likeness (QED) is 0.414. The van der Waals surface area contributed by atoms with Crippen LogP contribution in [0.3, 0.4) is 0 Å². The summed E-state index contributed by atoms with van der Waals surface area (Å²) in [5.41, 5.74) is 0.528. The van der Waals surface area contributed by atoms with Crippen molar-refractivity contribution in [3.63, 3.8) is 0 Å². The van der Waals surface area contributed by atoms with E-state index in [0.717, 1.165) is 0 Å². The number of hydrogen-bond acceptors (Lipinski definition) is 4. The van der Waals surface area contributed by atoms with Crippen molar-refractivity contribution in [1.29, 1.82) is 0 Å². The van der Waals surface area contributed by atoms with Gasteiger partial charge in [0.25, 0.3) is 0 Å². The lowest BCUT2D eigenvalue weighted by molar-refractivity contribution is -0.276. The molecule has 0 saturated heterocycles. The minimum Gasteiger partial charge on any atom is -0.466 e. The van der Waals surface area contributed by atoms with Crippen LogP contribution in [0, 0.1) is 3.57 Å². The van der Waals surface area contributed by atoms with E-state index in [-0.39, 0.29) is 24.5 Å². The van der Waals surface area contributed by atoms with Crippen LogP contribution in [-0.2, 0) is 21.8 Å². The minimum absolute atomic E-state index is 0.0134. The van der Waals surface area contributed by atoms with Gasteiger partial charge < -0.3 is 9.47 Å². The number of nitrogens with zero attached hydrogens (tertiary/aromatic N) is 1. The van der Waals surface area contributed by atoms with Crippen molar-refractivity contribution in [2.75, 3.05) is 6.61 Å². The Kier molecular flexibility index (Phi) is 6.31. The molecule has 0 N–H and O–H groups in total. The molecule has 1 aromatic rings. The average Bonchev–Trinajstić information content (AvgIpc) is 2.32. The largest absolute Gasteiger partial charge is 0.574 e. The second-order valence-corrected chi connectivity index (χ2v) is 4.89. The van der Waals surface area contributed by atoms with E-state index in [1.807, 2.05) is 0 Å². The summed E-state index contributed by atoms with van der Waals surface area (Å²) < 4.78 is 45.9. The number of pyridine rings is 1. The number of aromatic nitrogens is 1. The molecule has 1 rings (SSSR count). The van der Waals surface area contributed by atoms with Crippen molar-refractivity contribution < 1.29 is 27.4 Å². The zero-order valence-electron chi connectivity index (χ0n) is 10.3. The van der Waals surface area contributed by atoms with E-state index < -0.39 is 18.2 Å². The monoisotopic (exact) mass is 423 g/mol. The fourth-order valence-electron chi connectivity index (χ4n) is 1.36. The van der Waals surface area contributed by atoms with Gasteiger partial charge in [0.15, 0.2) is 0 Å². The standard InChI is InChI=1S/C11H10ClF3INO3/c1-2-19-8(18)3-7-9(16)6(4-12)5-17-10(7)20-11(13,14)15/h5H,2-4H2,1H3. The maximum atomic E-state index is 12.3. The summed E-state index contributed by atoms with van der Waals surface area (Å²) in [4.78, 5) is 15.0. The molecule has 4 nitrogen and oxygen atoms in total. The van der Waals surface area contributed by atoms with Gasteiger partial charge >= 0.3 is 12.3 Å². The van der Waals surface area contributed by atoms with Gasteiger partial charge in [-0.1, -0.05) is 0 Å². The molecular weight excluding hydrogens is 413 g/mol. The zero-order valence-corrected chi connectivity index (χ0v) is 13.2. The fraction of sp³-hybridized carbons (Fsp3) is 0.455. The highest BCUT2D eigenvalue weighted by atomic mass is 127.